The molecule has 0 fully saturated rings. The van der Waals surface area contributed by atoms with Gasteiger partial charge < -0.3 is 0 Å². The summed E-state index contributed by atoms with van der Waals surface area (Å²) in [6, 6.07) is 3.19. The standard InChI is InChI=1S/C12H12BrF2N3O2S/c13-10-7-9(14)8-11(15)12(10)21(19,20)17-4-2-6-18-5-1-3-16-18/h1,3,5,7-8,17H,2,4,6H2. The number of aromatic nitrogens is 2. The molecule has 0 aliphatic carbocycles. The van der Waals surface area contributed by atoms with E-state index in [2.05, 4.69) is 25.8 Å². The third-order valence-electron chi connectivity index (χ3n) is 2.65. The molecule has 0 saturated carbocycles. The van der Waals surface area contributed by atoms with Crippen molar-refractivity contribution in [1.82, 2.24) is 14.5 Å². The van der Waals surface area contributed by atoms with E-state index in [4.69, 9.17) is 0 Å². The van der Waals surface area contributed by atoms with Gasteiger partial charge in [-0.1, -0.05) is 0 Å². The van der Waals surface area contributed by atoms with Crippen LogP contribution in [-0.4, -0.2) is 24.7 Å². The molecule has 0 atom stereocenters. The van der Waals surface area contributed by atoms with Crippen LogP contribution in [0.1, 0.15) is 6.42 Å². The van der Waals surface area contributed by atoms with Crippen molar-refractivity contribution in [3.63, 3.8) is 0 Å². The van der Waals surface area contributed by atoms with Crippen LogP contribution in [0.15, 0.2) is 40.0 Å². The molecule has 0 aliphatic heterocycles. The minimum Gasteiger partial charge on any atom is -0.273 e. The fourth-order valence-corrected chi connectivity index (χ4v) is 3.97. The second kappa shape index (κ2) is 6.63. The predicted octanol–water partition coefficient (Wildman–Crippen LogP) is 2.29. The van der Waals surface area contributed by atoms with Gasteiger partial charge in [0, 0.05) is 36.0 Å². The molecule has 5 nitrogen and oxygen atoms in total. The molecule has 1 N–H and O–H groups in total. The molecule has 9 heteroatoms. The van der Waals surface area contributed by atoms with Crippen LogP contribution in [0.2, 0.25) is 0 Å². The zero-order valence-electron chi connectivity index (χ0n) is 10.8. The predicted molar refractivity (Wildman–Crippen MR) is 76.1 cm³/mol. The Bertz CT molecular complexity index is 697. The van der Waals surface area contributed by atoms with Crippen molar-refractivity contribution in [2.75, 3.05) is 6.54 Å². The highest BCUT2D eigenvalue weighted by Crippen LogP contribution is 2.25. The number of rotatable bonds is 6. The molecular formula is C12H12BrF2N3O2S. The first-order chi connectivity index (χ1) is 9.90. The van der Waals surface area contributed by atoms with Crippen molar-refractivity contribution in [1.29, 1.82) is 0 Å². The van der Waals surface area contributed by atoms with Crippen LogP contribution in [0.5, 0.6) is 0 Å². The molecule has 0 amide bonds. The van der Waals surface area contributed by atoms with Gasteiger partial charge in [-0.25, -0.2) is 21.9 Å². The molecule has 0 spiro atoms. The van der Waals surface area contributed by atoms with Gasteiger partial charge in [0.05, 0.1) is 0 Å². The lowest BCUT2D eigenvalue weighted by Crippen LogP contribution is -2.27. The fraction of sp³-hybridized carbons (Fsp3) is 0.250. The molecule has 2 aromatic rings. The van der Waals surface area contributed by atoms with Crippen LogP contribution in [-0.2, 0) is 16.6 Å². The lowest BCUT2D eigenvalue weighted by atomic mass is 10.3. The third kappa shape index (κ3) is 4.08. The Morgan fingerprint density at radius 3 is 2.71 bits per heavy atom. The van der Waals surface area contributed by atoms with Gasteiger partial charge in [-0.2, -0.15) is 5.10 Å². The number of sulfonamides is 1. The Balaban J connectivity index is 2.02. The van der Waals surface area contributed by atoms with E-state index in [0.29, 0.717) is 19.0 Å². The Labute approximate surface area is 129 Å². The smallest absolute Gasteiger partial charge is 0.244 e. The highest BCUT2D eigenvalue weighted by atomic mass is 79.9. The molecule has 0 aliphatic rings. The van der Waals surface area contributed by atoms with Crippen LogP contribution in [0, 0.1) is 11.6 Å². The Morgan fingerprint density at radius 1 is 1.33 bits per heavy atom. The van der Waals surface area contributed by atoms with Gasteiger partial charge in [-0.15, -0.1) is 0 Å². The summed E-state index contributed by atoms with van der Waals surface area (Å²) in [5, 5.41) is 3.98. The lowest BCUT2D eigenvalue weighted by molar-refractivity contribution is 0.532. The number of nitrogens with one attached hydrogen (secondary N) is 1. The highest BCUT2D eigenvalue weighted by molar-refractivity contribution is 9.10. The molecule has 2 rings (SSSR count). The van der Waals surface area contributed by atoms with Crippen LogP contribution < -0.4 is 4.72 Å². The zero-order chi connectivity index (χ0) is 15.5. The molecule has 114 valence electrons. The maximum Gasteiger partial charge on any atom is 0.244 e. The van der Waals surface area contributed by atoms with Gasteiger partial charge in [-0.05, 0) is 34.5 Å². The van der Waals surface area contributed by atoms with Crippen molar-refractivity contribution in [3.05, 3.63) is 46.7 Å². The average molecular weight is 380 g/mol. The quantitative estimate of drug-likeness (QED) is 0.783. The zero-order valence-corrected chi connectivity index (χ0v) is 13.2. The van der Waals surface area contributed by atoms with Crippen molar-refractivity contribution in [2.45, 2.75) is 17.9 Å². The van der Waals surface area contributed by atoms with Gasteiger partial charge in [0.2, 0.25) is 10.0 Å². The minimum atomic E-state index is -4.05. The number of aryl methyl sites for hydroxylation is 1. The summed E-state index contributed by atoms with van der Waals surface area (Å²) in [4.78, 5) is -0.594. The Morgan fingerprint density at radius 2 is 2.10 bits per heavy atom. The normalized spacial score (nSPS) is 11.8. The van der Waals surface area contributed by atoms with E-state index in [1.807, 2.05) is 0 Å². The van der Waals surface area contributed by atoms with Crippen molar-refractivity contribution < 1.29 is 17.2 Å². The largest absolute Gasteiger partial charge is 0.273 e. The average Bonchev–Trinajstić information content (AvgIpc) is 2.86. The number of nitrogens with zero attached hydrogens (tertiary/aromatic N) is 2. The first-order valence-corrected chi connectivity index (χ1v) is 8.29. The maximum absolute atomic E-state index is 13.6. The van der Waals surface area contributed by atoms with Crippen molar-refractivity contribution >= 4 is 26.0 Å². The van der Waals surface area contributed by atoms with Crippen molar-refractivity contribution in [3.8, 4) is 0 Å². The second-order valence-corrected chi connectivity index (χ2v) is 6.78. The van der Waals surface area contributed by atoms with Gasteiger partial charge in [0.1, 0.15) is 16.5 Å². The monoisotopic (exact) mass is 379 g/mol. The summed E-state index contributed by atoms with van der Waals surface area (Å²) >= 11 is 2.86. The maximum atomic E-state index is 13.6. The van der Waals surface area contributed by atoms with Crippen LogP contribution in [0.3, 0.4) is 0 Å². The Hall–Kier alpha value is -1.32. The third-order valence-corrected chi connectivity index (χ3v) is 5.07. The van der Waals surface area contributed by atoms with E-state index in [1.54, 1.807) is 23.1 Å². The van der Waals surface area contributed by atoms with Gasteiger partial charge >= 0.3 is 0 Å². The summed E-state index contributed by atoms with van der Waals surface area (Å²) in [6.07, 6.45) is 3.86. The summed E-state index contributed by atoms with van der Waals surface area (Å²) in [5.74, 6) is -1.99. The van der Waals surface area contributed by atoms with Gasteiger partial charge in [-0.3, -0.25) is 4.68 Å². The number of halogens is 3. The van der Waals surface area contributed by atoms with E-state index < -0.39 is 26.6 Å². The molecule has 0 saturated heterocycles. The SMILES string of the molecule is O=S(=O)(NCCCn1cccn1)c1c(F)cc(F)cc1Br. The lowest BCUT2D eigenvalue weighted by Gasteiger charge is -2.09. The summed E-state index contributed by atoms with van der Waals surface area (Å²) in [5.41, 5.74) is 0. The second-order valence-electron chi connectivity index (χ2n) is 4.22. The van der Waals surface area contributed by atoms with Crippen LogP contribution >= 0.6 is 15.9 Å². The Kier molecular flexibility index (Phi) is 5.07. The van der Waals surface area contributed by atoms with Gasteiger partial charge in [0.25, 0.3) is 0 Å². The van der Waals surface area contributed by atoms with E-state index >= 15 is 0 Å². The first-order valence-electron chi connectivity index (χ1n) is 6.02. The summed E-state index contributed by atoms with van der Waals surface area (Å²) < 4.78 is 54.4. The van der Waals surface area contributed by atoms with Crippen LogP contribution in [0.25, 0.3) is 0 Å². The van der Waals surface area contributed by atoms with Crippen molar-refractivity contribution in [2.24, 2.45) is 0 Å². The minimum absolute atomic E-state index is 0.117. The topological polar surface area (TPSA) is 64.0 Å². The van der Waals surface area contributed by atoms with Crippen LogP contribution in [0.4, 0.5) is 8.78 Å². The molecule has 0 unspecified atom stereocenters. The molecule has 1 heterocycles. The number of benzene rings is 1. The van der Waals surface area contributed by atoms with E-state index in [9.17, 15) is 17.2 Å². The molecule has 0 radical (unpaired) electrons. The van der Waals surface area contributed by atoms with E-state index in [1.165, 1.54) is 0 Å². The number of hydrogen-bond acceptors (Lipinski definition) is 3. The summed E-state index contributed by atoms with van der Waals surface area (Å²) in [6.45, 7) is 0.647. The highest BCUT2D eigenvalue weighted by Gasteiger charge is 2.23. The number of hydrogen-bond donors (Lipinski definition) is 1. The molecule has 1 aromatic heterocycles. The molecule has 1 aromatic carbocycles. The van der Waals surface area contributed by atoms with E-state index in [-0.39, 0.29) is 11.0 Å². The van der Waals surface area contributed by atoms with Gasteiger partial charge in [0.15, 0.2) is 0 Å². The molecule has 21 heavy (non-hydrogen) atoms. The molecule has 0 bridgehead atoms. The fourth-order valence-electron chi connectivity index (χ4n) is 1.74. The van der Waals surface area contributed by atoms with E-state index in [0.717, 1.165) is 6.07 Å². The first kappa shape index (κ1) is 16.1. The summed E-state index contributed by atoms with van der Waals surface area (Å²) in [7, 11) is -4.05. The molecular weight excluding hydrogens is 368 g/mol.